The summed E-state index contributed by atoms with van der Waals surface area (Å²) in [5, 5.41) is -0.775. The summed E-state index contributed by atoms with van der Waals surface area (Å²) in [4.78, 5) is 11.5. The maximum Gasteiger partial charge on any atom is 0.316 e. The van der Waals surface area contributed by atoms with Crippen molar-refractivity contribution in [3.8, 4) is 0 Å². The van der Waals surface area contributed by atoms with Gasteiger partial charge < -0.3 is 9.29 Å². The van der Waals surface area contributed by atoms with E-state index in [1.165, 1.54) is 55.6 Å². The summed E-state index contributed by atoms with van der Waals surface area (Å²) in [5.74, 6) is -1.91. The molecule has 0 aromatic heterocycles. The first-order chi connectivity index (χ1) is 10.8. The summed E-state index contributed by atoms with van der Waals surface area (Å²) in [7, 11) is -1.79. The molecule has 2 rings (SSSR count). The average Bonchev–Trinajstić information content (AvgIpc) is 2.50. The van der Waals surface area contributed by atoms with Crippen LogP contribution in [0.3, 0.4) is 0 Å². The Labute approximate surface area is 135 Å². The third-order valence-electron chi connectivity index (χ3n) is 3.33. The molecule has 0 fully saturated rings. The minimum atomic E-state index is -2.98. The molecule has 0 aliphatic carbocycles. The average molecular weight is 338 g/mol. The lowest BCUT2D eigenvalue weighted by molar-refractivity contribution is -0.137. The number of methoxy groups -OCH3 is 1. The quantitative estimate of drug-likeness (QED) is 0.832. The number of hydrogen-bond acceptors (Lipinski definition) is 3. The molecule has 6 heteroatoms. The summed E-state index contributed by atoms with van der Waals surface area (Å²) < 4.78 is 41.6. The van der Waals surface area contributed by atoms with E-state index >= 15 is 0 Å². The second kappa shape index (κ2) is 7.10. The first kappa shape index (κ1) is 17.4. The molecule has 0 aliphatic heterocycles. The van der Waals surface area contributed by atoms with Gasteiger partial charge in [-0.15, -0.1) is 10.3 Å². The van der Waals surface area contributed by atoms with Crippen molar-refractivity contribution < 1.29 is 22.9 Å². The molecule has 0 aliphatic rings. The highest BCUT2D eigenvalue weighted by Gasteiger charge is 2.33. The molecule has 2 aromatic rings. The minimum Gasteiger partial charge on any atom is -0.468 e. The lowest BCUT2D eigenvalue weighted by Gasteiger charge is -2.37. The third kappa shape index (κ3) is 4.30. The molecule has 0 heterocycles. The summed E-state index contributed by atoms with van der Waals surface area (Å²) >= 11 is 0. The number of rotatable bonds is 5. The zero-order valence-corrected chi connectivity index (χ0v) is 13.2. The van der Waals surface area contributed by atoms with Crippen molar-refractivity contribution in [2.24, 2.45) is 0 Å². The van der Waals surface area contributed by atoms with Crippen molar-refractivity contribution >= 4 is 16.3 Å². The minimum absolute atomic E-state index is 0.386. The van der Waals surface area contributed by atoms with Crippen LogP contribution in [0, 0.1) is 17.9 Å². The van der Waals surface area contributed by atoms with Crippen molar-refractivity contribution in [2.75, 3.05) is 12.9 Å². The van der Waals surface area contributed by atoms with Gasteiger partial charge in [-0.2, -0.15) is 0 Å². The predicted octanol–water partition coefficient (Wildman–Crippen LogP) is 4.17. The van der Waals surface area contributed by atoms with Crippen molar-refractivity contribution in [1.29, 1.82) is 0 Å². The van der Waals surface area contributed by atoms with E-state index in [4.69, 9.17) is 6.26 Å². The van der Waals surface area contributed by atoms with Gasteiger partial charge >= 0.3 is 5.97 Å². The molecule has 2 aromatic carbocycles. The van der Waals surface area contributed by atoms with Crippen LogP contribution >= 0.6 is 10.3 Å². The number of carbonyl (C=O) groups excluding carboxylic acids is 1. The molecule has 0 spiro atoms. The number of esters is 1. The Hall–Kier alpha value is -1.92. The van der Waals surface area contributed by atoms with Crippen LogP contribution in [-0.2, 0) is 9.53 Å². The Morgan fingerprint density at radius 3 is 1.83 bits per heavy atom. The van der Waals surface area contributed by atoms with Gasteiger partial charge in [0.1, 0.15) is 11.6 Å². The molecule has 2 radical (unpaired) electrons. The van der Waals surface area contributed by atoms with E-state index < -0.39 is 33.2 Å². The first-order valence-corrected chi connectivity index (χ1v) is 8.60. The molecule has 0 saturated carbocycles. The van der Waals surface area contributed by atoms with Crippen LogP contribution in [0.5, 0.6) is 0 Å². The molecule has 0 saturated heterocycles. The van der Waals surface area contributed by atoms with E-state index in [0.717, 1.165) is 0 Å². The zero-order chi connectivity index (χ0) is 17.0. The largest absolute Gasteiger partial charge is 0.468 e. The Morgan fingerprint density at radius 1 is 1.09 bits per heavy atom. The van der Waals surface area contributed by atoms with Gasteiger partial charge in [-0.25, -0.2) is 8.78 Å². The van der Waals surface area contributed by atoms with E-state index in [1.54, 1.807) is 0 Å². The van der Waals surface area contributed by atoms with Crippen molar-refractivity contribution in [3.63, 3.8) is 0 Å². The fourth-order valence-corrected chi connectivity index (χ4v) is 4.19. The summed E-state index contributed by atoms with van der Waals surface area (Å²) in [5.41, 5.74) is 1.06. The van der Waals surface area contributed by atoms with Crippen molar-refractivity contribution in [1.82, 2.24) is 0 Å². The SMILES string of the molecule is [CH]S(O)(CC(=O)OC)C(c1ccc(F)cc1)c1ccc(F)cc1. The van der Waals surface area contributed by atoms with Gasteiger partial charge in [-0.05, 0) is 35.4 Å². The second-order valence-corrected chi connectivity index (χ2v) is 7.39. The van der Waals surface area contributed by atoms with Crippen LogP contribution in [0.15, 0.2) is 48.5 Å². The standard InChI is InChI=1S/C17H16F2O3S/c1-22-16(20)11-23(2,21)17(12-3-7-14(18)8-4-12)13-5-9-15(19)10-6-13/h2-10,17,21H,11H2,1H3. The fraction of sp³-hybridized carbons (Fsp3) is 0.176. The Balaban J connectivity index is 2.48. The number of benzene rings is 2. The second-order valence-electron chi connectivity index (χ2n) is 5.01. The van der Waals surface area contributed by atoms with Crippen molar-refractivity contribution in [2.45, 2.75) is 5.25 Å². The van der Waals surface area contributed by atoms with Crippen LogP contribution in [0.2, 0.25) is 0 Å². The lowest BCUT2D eigenvalue weighted by atomic mass is 10.0. The normalized spacial score (nSPS) is 15.0. The Kier molecular flexibility index (Phi) is 5.38. The maximum absolute atomic E-state index is 13.2. The molecule has 0 bridgehead atoms. The van der Waals surface area contributed by atoms with Gasteiger partial charge in [-0.1, -0.05) is 24.3 Å². The Bertz CT molecular complexity index is 624. The van der Waals surface area contributed by atoms with E-state index in [2.05, 4.69) is 4.74 Å². The summed E-state index contributed by atoms with van der Waals surface area (Å²) in [6, 6.07) is 10.9. The highest BCUT2D eigenvalue weighted by atomic mass is 32.3. The predicted molar refractivity (Wildman–Crippen MR) is 86.0 cm³/mol. The van der Waals surface area contributed by atoms with Crippen molar-refractivity contribution in [3.05, 3.63) is 77.5 Å². The van der Waals surface area contributed by atoms with Crippen LogP contribution in [0.1, 0.15) is 16.4 Å². The number of ether oxygens (including phenoxy) is 1. The topological polar surface area (TPSA) is 46.5 Å². The monoisotopic (exact) mass is 338 g/mol. The summed E-state index contributed by atoms with van der Waals surface area (Å²) in [6.45, 7) is 0. The highest BCUT2D eigenvalue weighted by Crippen LogP contribution is 2.58. The number of halogens is 2. The molecule has 1 N–H and O–H groups in total. The number of carbonyl (C=O) groups is 1. The molecule has 0 amide bonds. The molecular weight excluding hydrogens is 322 g/mol. The first-order valence-electron chi connectivity index (χ1n) is 6.71. The summed E-state index contributed by atoms with van der Waals surface area (Å²) in [6.07, 6.45) is 6.03. The molecule has 3 nitrogen and oxygen atoms in total. The van der Waals surface area contributed by atoms with Crippen LogP contribution < -0.4 is 0 Å². The maximum atomic E-state index is 13.2. The van der Waals surface area contributed by atoms with E-state index in [-0.39, 0.29) is 5.75 Å². The zero-order valence-electron chi connectivity index (χ0n) is 12.4. The third-order valence-corrected chi connectivity index (χ3v) is 5.39. The van der Waals surface area contributed by atoms with Gasteiger partial charge in [0.2, 0.25) is 0 Å². The van der Waals surface area contributed by atoms with E-state index in [1.807, 2.05) is 0 Å². The van der Waals surface area contributed by atoms with Crippen LogP contribution in [0.25, 0.3) is 0 Å². The molecular formula is C17H16F2O3S. The highest BCUT2D eigenvalue weighted by molar-refractivity contribution is 8.30. The van der Waals surface area contributed by atoms with E-state index in [0.29, 0.717) is 11.1 Å². The molecule has 23 heavy (non-hydrogen) atoms. The van der Waals surface area contributed by atoms with Gasteiger partial charge in [0.25, 0.3) is 0 Å². The smallest absolute Gasteiger partial charge is 0.316 e. The lowest BCUT2D eigenvalue weighted by Crippen LogP contribution is -2.19. The van der Waals surface area contributed by atoms with Gasteiger partial charge in [0.15, 0.2) is 0 Å². The number of hydrogen-bond donors (Lipinski definition) is 1. The van der Waals surface area contributed by atoms with Crippen LogP contribution in [-0.4, -0.2) is 23.4 Å². The van der Waals surface area contributed by atoms with Crippen LogP contribution in [0.4, 0.5) is 8.78 Å². The molecule has 1 atom stereocenters. The molecule has 122 valence electrons. The fourth-order valence-electron chi connectivity index (χ4n) is 2.27. The Morgan fingerprint density at radius 2 is 1.48 bits per heavy atom. The molecule has 1 unspecified atom stereocenters. The van der Waals surface area contributed by atoms with Gasteiger partial charge in [0, 0.05) is 6.26 Å². The van der Waals surface area contributed by atoms with E-state index in [9.17, 15) is 18.1 Å². The van der Waals surface area contributed by atoms with Gasteiger partial charge in [0.05, 0.1) is 18.1 Å². The van der Waals surface area contributed by atoms with Gasteiger partial charge in [-0.3, -0.25) is 4.79 Å².